The van der Waals surface area contributed by atoms with Gasteiger partial charge in [0.1, 0.15) is 17.3 Å². The molecule has 0 bridgehead atoms. The Balaban J connectivity index is 1.85. The van der Waals surface area contributed by atoms with Gasteiger partial charge < -0.3 is 14.4 Å². The predicted octanol–water partition coefficient (Wildman–Crippen LogP) is 2.22. The molecule has 4 nitrogen and oxygen atoms in total. The van der Waals surface area contributed by atoms with E-state index in [-0.39, 0.29) is 18.3 Å². The van der Waals surface area contributed by atoms with E-state index in [1.807, 2.05) is 42.5 Å². The molecule has 0 aliphatic carbocycles. The first-order valence-electron chi connectivity index (χ1n) is 6.83. The van der Waals surface area contributed by atoms with E-state index < -0.39 is 7.12 Å². The van der Waals surface area contributed by atoms with E-state index in [0.717, 1.165) is 11.3 Å². The fraction of sp³-hybridized carbons (Fsp3) is 0.188. The highest BCUT2D eigenvalue weighted by Gasteiger charge is 2.35. The lowest BCUT2D eigenvalue weighted by Crippen LogP contribution is -2.27. The Morgan fingerprint density at radius 2 is 2.00 bits per heavy atom. The monoisotopic (exact) mass is 282 g/mol. The van der Waals surface area contributed by atoms with E-state index in [4.69, 9.17) is 9.39 Å². The Hall–Kier alpha value is -2.11. The maximum atomic E-state index is 11.2. The van der Waals surface area contributed by atoms with Crippen molar-refractivity contribution in [1.82, 2.24) is 0 Å². The number of benzene rings is 2. The van der Waals surface area contributed by atoms with Crippen molar-refractivity contribution in [3.63, 3.8) is 0 Å². The maximum Gasteiger partial charge on any atom is 0.492 e. The minimum Gasteiger partial charge on any atom is -0.457 e. The van der Waals surface area contributed by atoms with Gasteiger partial charge >= 0.3 is 7.12 Å². The van der Waals surface area contributed by atoms with Gasteiger partial charge in [-0.3, -0.25) is 4.79 Å². The smallest absolute Gasteiger partial charge is 0.457 e. The third-order valence-electron chi connectivity index (χ3n) is 3.42. The van der Waals surface area contributed by atoms with E-state index >= 15 is 0 Å². The summed E-state index contributed by atoms with van der Waals surface area (Å²) in [5, 5.41) is 9.97. The molecule has 0 spiro atoms. The van der Waals surface area contributed by atoms with Gasteiger partial charge in [0.2, 0.25) is 0 Å². The lowest BCUT2D eigenvalue weighted by molar-refractivity contribution is -0.118. The first-order valence-corrected chi connectivity index (χ1v) is 6.83. The van der Waals surface area contributed by atoms with E-state index in [1.54, 1.807) is 6.07 Å². The fourth-order valence-electron chi connectivity index (χ4n) is 2.47. The van der Waals surface area contributed by atoms with Crippen molar-refractivity contribution in [2.75, 3.05) is 0 Å². The average Bonchev–Trinajstić information content (AvgIpc) is 2.75. The number of carbonyl (C=O) groups is 1. The van der Waals surface area contributed by atoms with E-state index in [2.05, 4.69) is 0 Å². The molecule has 1 aliphatic rings. The molecule has 2 aromatic carbocycles. The highest BCUT2D eigenvalue weighted by molar-refractivity contribution is 6.61. The van der Waals surface area contributed by atoms with Crippen LogP contribution in [0.1, 0.15) is 25.0 Å². The summed E-state index contributed by atoms with van der Waals surface area (Å²) in [7, 11) is -1.01. The molecule has 0 fully saturated rings. The minimum absolute atomic E-state index is 0.0321. The van der Waals surface area contributed by atoms with E-state index in [0.29, 0.717) is 11.2 Å². The number of carbonyl (C=O) groups excluding carboxylic acids is 1. The summed E-state index contributed by atoms with van der Waals surface area (Å²) in [5.41, 5.74) is 1.51. The van der Waals surface area contributed by atoms with Gasteiger partial charge in [-0.2, -0.15) is 0 Å². The van der Waals surface area contributed by atoms with Crippen LogP contribution in [-0.4, -0.2) is 17.9 Å². The van der Waals surface area contributed by atoms with Crippen molar-refractivity contribution in [3.8, 4) is 11.5 Å². The largest absolute Gasteiger partial charge is 0.492 e. The molecule has 1 aliphatic heterocycles. The van der Waals surface area contributed by atoms with Gasteiger partial charge in [0.25, 0.3) is 0 Å². The van der Waals surface area contributed by atoms with Crippen LogP contribution in [0.5, 0.6) is 11.5 Å². The zero-order chi connectivity index (χ0) is 14.8. The van der Waals surface area contributed by atoms with Crippen LogP contribution in [0.4, 0.5) is 0 Å². The zero-order valence-electron chi connectivity index (χ0n) is 11.7. The van der Waals surface area contributed by atoms with Crippen LogP contribution in [0.15, 0.2) is 48.5 Å². The third kappa shape index (κ3) is 2.99. The Morgan fingerprint density at radius 3 is 2.71 bits per heavy atom. The Labute approximate surface area is 123 Å². The number of hydrogen-bond donors (Lipinski definition) is 1. The quantitative estimate of drug-likeness (QED) is 0.873. The molecule has 0 saturated carbocycles. The van der Waals surface area contributed by atoms with Crippen LogP contribution in [0.25, 0.3) is 0 Å². The van der Waals surface area contributed by atoms with Gasteiger partial charge in [0, 0.05) is 6.42 Å². The first kappa shape index (κ1) is 13.9. The molecule has 0 unspecified atom stereocenters. The molecule has 106 valence electrons. The third-order valence-corrected chi connectivity index (χ3v) is 3.42. The number of fused-ring (bicyclic) bond motifs is 1. The molecule has 3 rings (SSSR count). The van der Waals surface area contributed by atoms with E-state index in [1.165, 1.54) is 6.92 Å². The highest BCUT2D eigenvalue weighted by Crippen LogP contribution is 2.30. The molecule has 2 aromatic rings. The van der Waals surface area contributed by atoms with Crippen molar-refractivity contribution >= 4 is 18.4 Å². The fourth-order valence-corrected chi connectivity index (χ4v) is 2.47. The van der Waals surface area contributed by atoms with Crippen molar-refractivity contribution in [2.45, 2.75) is 19.4 Å². The molecular weight excluding hydrogens is 267 g/mol. The van der Waals surface area contributed by atoms with Crippen LogP contribution in [0.3, 0.4) is 0 Å². The van der Waals surface area contributed by atoms with Gasteiger partial charge in [-0.15, -0.1) is 0 Å². The molecule has 1 N–H and O–H groups in total. The Bertz CT molecular complexity index is 657. The van der Waals surface area contributed by atoms with Crippen LogP contribution in [-0.2, 0) is 9.45 Å². The average molecular weight is 282 g/mol. The molecule has 21 heavy (non-hydrogen) atoms. The lowest BCUT2D eigenvalue weighted by atomic mass is 9.79. The van der Waals surface area contributed by atoms with Crippen molar-refractivity contribution in [2.24, 2.45) is 0 Å². The first-order chi connectivity index (χ1) is 10.1. The Kier molecular flexibility index (Phi) is 3.77. The second-order valence-electron chi connectivity index (χ2n) is 5.09. The molecule has 0 amide bonds. The number of ketones is 1. The van der Waals surface area contributed by atoms with Crippen molar-refractivity contribution < 1.29 is 19.2 Å². The van der Waals surface area contributed by atoms with Crippen LogP contribution in [0, 0.1) is 0 Å². The summed E-state index contributed by atoms with van der Waals surface area (Å²) in [6.07, 6.45) is -0.110. The van der Waals surface area contributed by atoms with Crippen LogP contribution < -0.4 is 10.2 Å². The maximum absolute atomic E-state index is 11.2. The lowest BCUT2D eigenvalue weighted by Gasteiger charge is -2.10. The van der Waals surface area contributed by atoms with Gasteiger partial charge in [-0.05, 0) is 42.2 Å². The molecule has 5 heteroatoms. The van der Waals surface area contributed by atoms with Crippen LogP contribution >= 0.6 is 0 Å². The number of Topliss-reactive ketones (excluding diaryl/α,β-unsaturated/α-hetero) is 1. The predicted molar refractivity (Wildman–Crippen MR) is 79.7 cm³/mol. The number of ether oxygens (including phenoxy) is 1. The van der Waals surface area contributed by atoms with Crippen molar-refractivity contribution in [1.29, 1.82) is 0 Å². The summed E-state index contributed by atoms with van der Waals surface area (Å²) >= 11 is 0. The van der Waals surface area contributed by atoms with Gasteiger partial charge in [0.15, 0.2) is 0 Å². The molecule has 0 aromatic heterocycles. The van der Waals surface area contributed by atoms with E-state index in [9.17, 15) is 9.82 Å². The summed E-state index contributed by atoms with van der Waals surface area (Å²) in [6, 6.07) is 14.8. The van der Waals surface area contributed by atoms with Crippen LogP contribution in [0.2, 0.25) is 0 Å². The minimum atomic E-state index is -1.01. The summed E-state index contributed by atoms with van der Waals surface area (Å²) < 4.78 is 11.2. The number of hydrogen-bond acceptors (Lipinski definition) is 4. The molecule has 1 atom stereocenters. The Morgan fingerprint density at radius 1 is 1.24 bits per heavy atom. The number of para-hydroxylation sites is 1. The molecule has 1 heterocycles. The summed E-state index contributed by atoms with van der Waals surface area (Å²) in [5.74, 6) is 1.39. The SMILES string of the molecule is CC(=O)C[C@H]1OB(O)c2cc(Oc3ccccc3)ccc21. The summed E-state index contributed by atoms with van der Waals surface area (Å²) in [4.78, 5) is 11.2. The second kappa shape index (κ2) is 5.72. The topological polar surface area (TPSA) is 55.8 Å². The molecule has 0 radical (unpaired) electrons. The highest BCUT2D eigenvalue weighted by atomic mass is 16.5. The van der Waals surface area contributed by atoms with Gasteiger partial charge in [0.05, 0.1) is 6.10 Å². The zero-order valence-corrected chi connectivity index (χ0v) is 11.7. The summed E-state index contributed by atoms with van der Waals surface area (Å²) in [6.45, 7) is 1.51. The second-order valence-corrected chi connectivity index (χ2v) is 5.09. The van der Waals surface area contributed by atoms with Gasteiger partial charge in [-0.25, -0.2) is 0 Å². The van der Waals surface area contributed by atoms with Gasteiger partial charge in [-0.1, -0.05) is 24.3 Å². The molecular formula is C16H15BO4. The molecule has 0 saturated heterocycles. The normalized spacial score (nSPS) is 16.7. The number of rotatable bonds is 4. The standard InChI is InChI=1S/C16H15BO4/c1-11(18)9-16-14-8-7-13(10-15(14)17(19)21-16)20-12-5-3-2-4-6-12/h2-8,10,16,19H,9H2,1H3/t16-/m1/s1. The van der Waals surface area contributed by atoms with Crippen molar-refractivity contribution in [3.05, 3.63) is 54.1 Å².